The van der Waals surface area contributed by atoms with E-state index >= 15 is 0 Å². The van der Waals surface area contributed by atoms with Crippen LogP contribution in [0.3, 0.4) is 0 Å². The lowest BCUT2D eigenvalue weighted by Gasteiger charge is -2.40. The average Bonchev–Trinajstić information content (AvgIpc) is 3.13. The van der Waals surface area contributed by atoms with Crippen LogP contribution in [-0.4, -0.2) is 60.4 Å². The highest BCUT2D eigenvalue weighted by atomic mass is 16.2. The molecule has 2 unspecified atom stereocenters. The SMILES string of the molecule is CCC(=O)N1CCN(C(C(=O)NCC(C)CC)C2CCCC2)CC1. The number of nitrogens with one attached hydrogen (secondary N) is 1. The summed E-state index contributed by atoms with van der Waals surface area (Å²) >= 11 is 0. The molecule has 138 valence electrons. The molecule has 1 N–H and O–H groups in total. The number of amides is 2. The Kier molecular flexibility index (Phi) is 7.53. The Balaban J connectivity index is 1.96. The zero-order valence-corrected chi connectivity index (χ0v) is 15.7. The normalized spacial score (nSPS) is 22.4. The Morgan fingerprint density at radius 3 is 2.25 bits per heavy atom. The van der Waals surface area contributed by atoms with Crippen molar-refractivity contribution >= 4 is 11.8 Å². The van der Waals surface area contributed by atoms with Gasteiger partial charge in [0.15, 0.2) is 0 Å². The van der Waals surface area contributed by atoms with E-state index in [1.807, 2.05) is 11.8 Å². The van der Waals surface area contributed by atoms with Crippen molar-refractivity contribution in [1.82, 2.24) is 15.1 Å². The molecule has 0 aromatic carbocycles. The first-order valence-electron chi connectivity index (χ1n) is 9.86. The Hall–Kier alpha value is -1.10. The van der Waals surface area contributed by atoms with Crippen molar-refractivity contribution < 1.29 is 9.59 Å². The second kappa shape index (κ2) is 9.40. The second-order valence-electron chi connectivity index (χ2n) is 7.52. The Morgan fingerprint density at radius 2 is 1.71 bits per heavy atom. The molecular formula is C19H35N3O2. The highest BCUT2D eigenvalue weighted by Crippen LogP contribution is 2.31. The van der Waals surface area contributed by atoms with Crippen LogP contribution < -0.4 is 5.32 Å². The van der Waals surface area contributed by atoms with E-state index in [1.165, 1.54) is 12.8 Å². The highest BCUT2D eigenvalue weighted by molar-refractivity contribution is 5.82. The van der Waals surface area contributed by atoms with Gasteiger partial charge in [0.1, 0.15) is 0 Å². The van der Waals surface area contributed by atoms with Gasteiger partial charge in [-0.25, -0.2) is 0 Å². The smallest absolute Gasteiger partial charge is 0.237 e. The lowest BCUT2D eigenvalue weighted by Crippen LogP contribution is -2.58. The zero-order chi connectivity index (χ0) is 17.5. The molecule has 1 heterocycles. The summed E-state index contributed by atoms with van der Waals surface area (Å²) in [7, 11) is 0. The first-order valence-corrected chi connectivity index (χ1v) is 9.86. The first kappa shape index (κ1) is 19.2. The maximum absolute atomic E-state index is 12.9. The Morgan fingerprint density at radius 1 is 1.08 bits per heavy atom. The van der Waals surface area contributed by atoms with E-state index in [1.54, 1.807) is 0 Å². The van der Waals surface area contributed by atoms with Gasteiger partial charge in [-0.15, -0.1) is 0 Å². The lowest BCUT2D eigenvalue weighted by atomic mass is 9.94. The number of rotatable bonds is 7. The molecule has 5 heteroatoms. The van der Waals surface area contributed by atoms with Crippen molar-refractivity contribution in [2.75, 3.05) is 32.7 Å². The summed E-state index contributed by atoms with van der Waals surface area (Å²) in [5, 5.41) is 3.19. The number of hydrogen-bond donors (Lipinski definition) is 1. The average molecular weight is 338 g/mol. The minimum atomic E-state index is -0.00423. The molecule has 1 aliphatic carbocycles. The molecule has 2 amide bonds. The lowest BCUT2D eigenvalue weighted by molar-refractivity contribution is -0.135. The van der Waals surface area contributed by atoms with Crippen LogP contribution in [-0.2, 0) is 9.59 Å². The fraction of sp³-hybridized carbons (Fsp3) is 0.895. The molecule has 0 aromatic rings. The third-order valence-corrected chi connectivity index (χ3v) is 5.80. The third-order valence-electron chi connectivity index (χ3n) is 5.80. The van der Waals surface area contributed by atoms with Crippen molar-refractivity contribution in [2.45, 2.75) is 65.3 Å². The number of carbonyl (C=O) groups excluding carboxylic acids is 2. The van der Waals surface area contributed by atoms with E-state index in [9.17, 15) is 9.59 Å². The second-order valence-corrected chi connectivity index (χ2v) is 7.52. The molecule has 0 radical (unpaired) electrons. The molecule has 1 aliphatic heterocycles. The summed E-state index contributed by atoms with van der Waals surface area (Å²) in [6.07, 6.45) is 6.47. The van der Waals surface area contributed by atoms with E-state index in [4.69, 9.17) is 0 Å². The van der Waals surface area contributed by atoms with Gasteiger partial charge >= 0.3 is 0 Å². The van der Waals surface area contributed by atoms with Crippen LogP contribution in [0.15, 0.2) is 0 Å². The predicted molar refractivity (Wildman–Crippen MR) is 96.7 cm³/mol. The van der Waals surface area contributed by atoms with Gasteiger partial charge in [-0.1, -0.05) is 40.0 Å². The van der Waals surface area contributed by atoms with Crippen molar-refractivity contribution in [3.8, 4) is 0 Å². The van der Waals surface area contributed by atoms with E-state index in [0.29, 0.717) is 18.3 Å². The standard InChI is InChI=1S/C19H35N3O2/c1-4-15(3)14-20-19(24)18(16-8-6-7-9-16)22-12-10-21(11-13-22)17(23)5-2/h15-16,18H,4-14H2,1-3H3,(H,20,24). The molecule has 0 bridgehead atoms. The molecule has 24 heavy (non-hydrogen) atoms. The predicted octanol–water partition coefficient (Wildman–Crippen LogP) is 2.26. The molecule has 0 spiro atoms. The van der Waals surface area contributed by atoms with Gasteiger partial charge in [0.25, 0.3) is 0 Å². The van der Waals surface area contributed by atoms with Gasteiger partial charge in [0.2, 0.25) is 11.8 Å². The summed E-state index contributed by atoms with van der Waals surface area (Å²) < 4.78 is 0. The maximum atomic E-state index is 12.9. The van der Waals surface area contributed by atoms with Gasteiger partial charge < -0.3 is 10.2 Å². The topological polar surface area (TPSA) is 52.7 Å². The van der Waals surface area contributed by atoms with Gasteiger partial charge in [-0.2, -0.15) is 0 Å². The molecule has 2 fully saturated rings. The molecule has 2 aliphatic rings. The largest absolute Gasteiger partial charge is 0.354 e. The summed E-state index contributed by atoms with van der Waals surface area (Å²) in [5.41, 5.74) is 0. The molecule has 2 atom stereocenters. The van der Waals surface area contributed by atoms with Crippen molar-refractivity contribution in [2.24, 2.45) is 11.8 Å². The quantitative estimate of drug-likeness (QED) is 0.775. The number of hydrogen-bond acceptors (Lipinski definition) is 3. The van der Waals surface area contributed by atoms with Crippen LogP contribution >= 0.6 is 0 Å². The van der Waals surface area contributed by atoms with Crippen LogP contribution in [0.5, 0.6) is 0 Å². The Bertz CT molecular complexity index is 413. The third kappa shape index (κ3) is 4.95. The van der Waals surface area contributed by atoms with E-state index in [0.717, 1.165) is 52.0 Å². The van der Waals surface area contributed by atoms with Gasteiger partial charge in [-0.3, -0.25) is 14.5 Å². The summed E-state index contributed by atoms with van der Waals surface area (Å²) in [6.45, 7) is 10.2. The number of nitrogens with zero attached hydrogens (tertiary/aromatic N) is 2. The van der Waals surface area contributed by atoms with Crippen LogP contribution in [0, 0.1) is 11.8 Å². The summed E-state index contributed by atoms with van der Waals surface area (Å²) in [4.78, 5) is 29.0. The van der Waals surface area contributed by atoms with Crippen LogP contribution in [0.4, 0.5) is 0 Å². The fourth-order valence-electron chi connectivity index (χ4n) is 3.95. The first-order chi connectivity index (χ1) is 11.6. The molecule has 0 aromatic heterocycles. The van der Waals surface area contributed by atoms with Crippen molar-refractivity contribution in [1.29, 1.82) is 0 Å². The molecule has 1 saturated carbocycles. The molecule has 2 rings (SSSR count). The zero-order valence-electron chi connectivity index (χ0n) is 15.7. The van der Waals surface area contributed by atoms with Crippen LogP contribution in [0.2, 0.25) is 0 Å². The molecular weight excluding hydrogens is 302 g/mol. The van der Waals surface area contributed by atoms with E-state index in [2.05, 4.69) is 24.1 Å². The highest BCUT2D eigenvalue weighted by Gasteiger charge is 2.37. The monoisotopic (exact) mass is 337 g/mol. The number of piperazine rings is 1. The van der Waals surface area contributed by atoms with E-state index in [-0.39, 0.29) is 17.9 Å². The molecule has 5 nitrogen and oxygen atoms in total. The van der Waals surface area contributed by atoms with E-state index < -0.39 is 0 Å². The van der Waals surface area contributed by atoms with Crippen molar-refractivity contribution in [3.05, 3.63) is 0 Å². The van der Waals surface area contributed by atoms with Gasteiger partial charge in [0, 0.05) is 39.1 Å². The van der Waals surface area contributed by atoms with Crippen molar-refractivity contribution in [3.63, 3.8) is 0 Å². The maximum Gasteiger partial charge on any atom is 0.237 e. The number of carbonyl (C=O) groups is 2. The van der Waals surface area contributed by atoms with Gasteiger partial charge in [0.05, 0.1) is 6.04 Å². The summed E-state index contributed by atoms with van der Waals surface area (Å²) in [6, 6.07) is -0.00423. The minimum Gasteiger partial charge on any atom is -0.354 e. The minimum absolute atomic E-state index is 0.00423. The molecule has 1 saturated heterocycles. The fourth-order valence-corrected chi connectivity index (χ4v) is 3.95. The summed E-state index contributed by atoms with van der Waals surface area (Å²) in [5.74, 6) is 1.44. The van der Waals surface area contributed by atoms with Crippen LogP contribution in [0.1, 0.15) is 59.3 Å². The Labute approximate surface area is 147 Å². The van der Waals surface area contributed by atoms with Crippen LogP contribution in [0.25, 0.3) is 0 Å². The van der Waals surface area contributed by atoms with Gasteiger partial charge in [-0.05, 0) is 24.7 Å².